The Morgan fingerprint density at radius 3 is 1.07 bits per heavy atom. The third kappa shape index (κ3) is 55.2. The van der Waals surface area contributed by atoms with Crippen LogP contribution in [0.4, 0.5) is 0 Å². The van der Waals surface area contributed by atoms with Crippen molar-refractivity contribution in [2.45, 2.75) is 187 Å². The minimum atomic E-state index is -0.846. The molecule has 0 N–H and O–H groups in total. The van der Waals surface area contributed by atoms with Crippen LogP contribution in [0.3, 0.4) is 0 Å². The first-order chi connectivity index (χ1) is 35.5. The summed E-state index contributed by atoms with van der Waals surface area (Å²) in [5, 5.41) is 0. The van der Waals surface area contributed by atoms with Gasteiger partial charge in [0, 0.05) is 19.3 Å². The summed E-state index contributed by atoms with van der Waals surface area (Å²) in [7, 11) is 0. The first kappa shape index (κ1) is 66.2. The van der Waals surface area contributed by atoms with E-state index < -0.39 is 6.10 Å². The summed E-state index contributed by atoms with van der Waals surface area (Å²) in [6.07, 6.45) is 88.3. The van der Waals surface area contributed by atoms with E-state index in [9.17, 15) is 14.4 Å². The predicted molar refractivity (Wildman–Crippen MR) is 310 cm³/mol. The van der Waals surface area contributed by atoms with Gasteiger partial charge in [-0.3, -0.25) is 14.4 Å². The topological polar surface area (TPSA) is 78.9 Å². The minimum absolute atomic E-state index is 0.142. The third-order valence-electron chi connectivity index (χ3n) is 10.6. The Morgan fingerprint density at radius 2 is 0.625 bits per heavy atom. The maximum Gasteiger partial charge on any atom is 0.306 e. The van der Waals surface area contributed by atoms with Gasteiger partial charge in [0.2, 0.25) is 0 Å². The van der Waals surface area contributed by atoms with Gasteiger partial charge in [0.25, 0.3) is 0 Å². The van der Waals surface area contributed by atoms with E-state index >= 15 is 0 Å². The number of esters is 3. The molecule has 0 aliphatic rings. The van der Waals surface area contributed by atoms with Crippen LogP contribution >= 0.6 is 0 Å². The van der Waals surface area contributed by atoms with Crippen LogP contribution in [-0.4, -0.2) is 37.2 Å². The summed E-state index contributed by atoms with van der Waals surface area (Å²) in [6, 6.07) is 0. The summed E-state index contributed by atoms with van der Waals surface area (Å²) in [5.41, 5.74) is 0. The van der Waals surface area contributed by atoms with Gasteiger partial charge in [-0.05, 0) is 103 Å². The molecule has 0 saturated carbocycles. The van der Waals surface area contributed by atoms with E-state index in [1.807, 2.05) is 72.9 Å². The van der Waals surface area contributed by atoms with Crippen LogP contribution in [0.1, 0.15) is 181 Å². The lowest BCUT2D eigenvalue weighted by molar-refractivity contribution is -0.167. The van der Waals surface area contributed by atoms with Gasteiger partial charge in [0.05, 0.1) is 0 Å². The number of unbranched alkanes of at least 4 members (excludes halogenated alkanes) is 12. The Bertz CT molecular complexity index is 1800. The molecule has 0 saturated heterocycles. The fourth-order valence-electron chi connectivity index (χ4n) is 6.53. The van der Waals surface area contributed by atoms with E-state index in [4.69, 9.17) is 14.2 Å². The molecule has 0 spiro atoms. The van der Waals surface area contributed by atoms with E-state index in [1.165, 1.54) is 19.3 Å². The molecule has 0 bridgehead atoms. The molecular weight excluding hydrogens is 889 g/mol. The molecule has 0 amide bonds. The average Bonchev–Trinajstić information content (AvgIpc) is 3.38. The van der Waals surface area contributed by atoms with Gasteiger partial charge in [0.15, 0.2) is 6.10 Å². The molecule has 0 aliphatic heterocycles. The second-order valence-corrected chi connectivity index (χ2v) is 17.3. The Hall–Kier alpha value is -5.75. The van der Waals surface area contributed by atoms with Crippen LogP contribution in [0, 0.1) is 0 Å². The number of allylic oxidation sites excluding steroid dienone is 32. The van der Waals surface area contributed by atoms with Gasteiger partial charge in [0.1, 0.15) is 13.2 Å². The third-order valence-corrected chi connectivity index (χ3v) is 10.6. The summed E-state index contributed by atoms with van der Waals surface area (Å²) in [6.45, 7) is 6.20. The van der Waals surface area contributed by atoms with Crippen molar-refractivity contribution < 1.29 is 28.6 Å². The van der Waals surface area contributed by atoms with E-state index in [0.29, 0.717) is 19.3 Å². The highest BCUT2D eigenvalue weighted by atomic mass is 16.6. The smallest absolute Gasteiger partial charge is 0.306 e. The Kier molecular flexibility index (Phi) is 53.2. The van der Waals surface area contributed by atoms with Crippen molar-refractivity contribution in [3.05, 3.63) is 194 Å². The zero-order chi connectivity index (χ0) is 52.2. The van der Waals surface area contributed by atoms with E-state index in [-0.39, 0.29) is 50.4 Å². The summed E-state index contributed by atoms with van der Waals surface area (Å²) >= 11 is 0. The van der Waals surface area contributed by atoms with Crippen LogP contribution in [0.25, 0.3) is 0 Å². The largest absolute Gasteiger partial charge is 0.462 e. The zero-order valence-electron chi connectivity index (χ0n) is 45.1. The molecule has 6 heteroatoms. The van der Waals surface area contributed by atoms with Gasteiger partial charge in [-0.2, -0.15) is 0 Å². The molecular formula is C66H96O6. The van der Waals surface area contributed by atoms with Crippen molar-refractivity contribution in [2.75, 3.05) is 13.2 Å². The summed E-state index contributed by atoms with van der Waals surface area (Å²) in [5.74, 6) is -1.08. The van der Waals surface area contributed by atoms with Gasteiger partial charge in [-0.25, -0.2) is 0 Å². The highest BCUT2D eigenvalue weighted by Crippen LogP contribution is 2.11. The first-order valence-electron chi connectivity index (χ1n) is 27.6. The van der Waals surface area contributed by atoms with Crippen molar-refractivity contribution in [2.24, 2.45) is 0 Å². The number of hydrogen-bond donors (Lipinski definition) is 0. The molecule has 6 nitrogen and oxygen atoms in total. The number of carbonyl (C=O) groups is 3. The molecule has 1 unspecified atom stereocenters. The molecule has 0 heterocycles. The molecule has 0 rings (SSSR count). The molecule has 0 aliphatic carbocycles. The van der Waals surface area contributed by atoms with Gasteiger partial charge in [-0.15, -0.1) is 0 Å². The highest BCUT2D eigenvalue weighted by molar-refractivity contribution is 5.71. The quantitative estimate of drug-likeness (QED) is 0.0199. The Balaban J connectivity index is 4.69. The lowest BCUT2D eigenvalue weighted by atomic mass is 10.1. The standard InChI is InChI=1S/C66H96O6/c1-4-7-10-13-16-19-22-25-28-31-33-36-38-41-44-47-50-53-56-59-65(68)71-62-63(61-70-64(67)58-55-52-49-46-43-40-37-34-30-27-24-21-18-15-12-9-6-3)72-66(69)60-57-54-51-48-45-42-39-35-32-29-26-23-20-17-14-11-8-5-2/h7,9-10,12-13,16-23,25-33,35-41,44,46,49,63H,4-6,8,11,14-15,24,34,42-43,45,47-48,50-62H2,1-3H3/b10-7-,12-9-,16-13-,20-17-,21-18-,22-19-,26-23-,28-25-,30-27-,32-29-,33-31+,38-36-,39-35-,40-37-,44-41-,49-46-. The molecule has 72 heavy (non-hydrogen) atoms. The lowest BCUT2D eigenvalue weighted by Gasteiger charge is -2.18. The van der Waals surface area contributed by atoms with Gasteiger partial charge >= 0.3 is 17.9 Å². The summed E-state index contributed by atoms with van der Waals surface area (Å²) in [4.78, 5) is 38.1. The number of ether oxygens (including phenoxy) is 3. The van der Waals surface area contributed by atoms with E-state index in [2.05, 4.69) is 142 Å². The highest BCUT2D eigenvalue weighted by Gasteiger charge is 2.19. The molecule has 1 atom stereocenters. The molecule has 396 valence electrons. The van der Waals surface area contributed by atoms with Gasteiger partial charge < -0.3 is 14.2 Å². The molecule has 0 aromatic heterocycles. The Morgan fingerprint density at radius 1 is 0.306 bits per heavy atom. The predicted octanol–water partition coefficient (Wildman–Crippen LogP) is 18.7. The minimum Gasteiger partial charge on any atom is -0.462 e. The van der Waals surface area contributed by atoms with Crippen molar-refractivity contribution in [1.82, 2.24) is 0 Å². The van der Waals surface area contributed by atoms with E-state index in [1.54, 1.807) is 0 Å². The number of hydrogen-bond acceptors (Lipinski definition) is 6. The first-order valence-corrected chi connectivity index (χ1v) is 27.6. The Labute approximate surface area is 439 Å². The maximum atomic E-state index is 12.9. The van der Waals surface area contributed by atoms with Crippen molar-refractivity contribution in [1.29, 1.82) is 0 Å². The number of rotatable bonds is 46. The zero-order valence-corrected chi connectivity index (χ0v) is 45.1. The second-order valence-electron chi connectivity index (χ2n) is 17.3. The normalized spacial score (nSPS) is 13.7. The van der Waals surface area contributed by atoms with Crippen molar-refractivity contribution in [3.8, 4) is 0 Å². The van der Waals surface area contributed by atoms with Crippen molar-refractivity contribution in [3.63, 3.8) is 0 Å². The molecule has 0 radical (unpaired) electrons. The fraction of sp³-hybridized carbons (Fsp3) is 0.470. The molecule has 0 aromatic rings. The second kappa shape index (κ2) is 57.8. The molecule has 0 aromatic carbocycles. The van der Waals surface area contributed by atoms with Crippen LogP contribution in [0.5, 0.6) is 0 Å². The van der Waals surface area contributed by atoms with Gasteiger partial charge in [-0.1, -0.05) is 254 Å². The maximum absolute atomic E-state index is 12.9. The van der Waals surface area contributed by atoms with Crippen molar-refractivity contribution >= 4 is 17.9 Å². The van der Waals surface area contributed by atoms with Crippen LogP contribution in [0.15, 0.2) is 194 Å². The van der Waals surface area contributed by atoms with Crippen LogP contribution in [-0.2, 0) is 28.6 Å². The monoisotopic (exact) mass is 985 g/mol. The lowest BCUT2D eigenvalue weighted by Crippen LogP contribution is -2.30. The van der Waals surface area contributed by atoms with Crippen LogP contribution in [0.2, 0.25) is 0 Å². The summed E-state index contributed by atoms with van der Waals surface area (Å²) < 4.78 is 16.7. The molecule has 0 fully saturated rings. The average molecular weight is 985 g/mol. The van der Waals surface area contributed by atoms with Crippen LogP contribution < -0.4 is 0 Å². The van der Waals surface area contributed by atoms with E-state index in [0.717, 1.165) is 103 Å². The number of carbonyl (C=O) groups excluding carboxylic acids is 3. The SMILES string of the molecule is CC\C=C/C=C\C=C/C=C\C=C\C=C/C=C\CCCCCC(=O)OCC(COC(=O)CCC/C=C\C/C=C\C/C=C\C/C=C\C/C=C\CC)OC(=O)CCCCCCC\C=C/C=C\C=C/C=C\CCCCC. The fourth-order valence-corrected chi connectivity index (χ4v) is 6.53.